The van der Waals surface area contributed by atoms with Crippen molar-refractivity contribution in [3.05, 3.63) is 58.6 Å². The molecule has 2 aromatic carbocycles. The zero-order chi connectivity index (χ0) is 18.1. The summed E-state index contributed by atoms with van der Waals surface area (Å²) in [7, 11) is 1.56. The second-order valence-electron chi connectivity index (χ2n) is 5.97. The van der Waals surface area contributed by atoms with Crippen LogP contribution in [-0.2, 0) is 4.79 Å². The SMILES string of the molecule is COc1ccc(N2C(=O)[C@H]([C@@H](C)O)[C@H]2C(=O)c2ccccc2)cc1Br. The van der Waals surface area contributed by atoms with Gasteiger partial charge in [0.1, 0.15) is 11.8 Å². The summed E-state index contributed by atoms with van der Waals surface area (Å²) < 4.78 is 5.89. The maximum absolute atomic E-state index is 12.9. The highest BCUT2D eigenvalue weighted by Gasteiger charge is 2.54. The summed E-state index contributed by atoms with van der Waals surface area (Å²) in [4.78, 5) is 27.0. The highest BCUT2D eigenvalue weighted by molar-refractivity contribution is 9.10. The van der Waals surface area contributed by atoms with Gasteiger partial charge < -0.3 is 14.7 Å². The molecule has 1 aliphatic heterocycles. The van der Waals surface area contributed by atoms with Gasteiger partial charge in [-0.1, -0.05) is 30.3 Å². The number of anilines is 1. The van der Waals surface area contributed by atoms with Crippen molar-refractivity contribution in [3.8, 4) is 5.75 Å². The smallest absolute Gasteiger partial charge is 0.236 e. The lowest BCUT2D eigenvalue weighted by Crippen LogP contribution is -2.67. The molecular formula is C19H18BrNO4. The Hall–Kier alpha value is -2.18. The van der Waals surface area contributed by atoms with Crippen molar-refractivity contribution in [2.75, 3.05) is 12.0 Å². The van der Waals surface area contributed by atoms with Gasteiger partial charge in [0.05, 0.1) is 23.6 Å². The van der Waals surface area contributed by atoms with Gasteiger partial charge in [-0.2, -0.15) is 0 Å². The minimum Gasteiger partial charge on any atom is -0.496 e. The number of ether oxygens (including phenoxy) is 1. The summed E-state index contributed by atoms with van der Waals surface area (Å²) in [5, 5.41) is 9.98. The molecule has 0 spiro atoms. The van der Waals surface area contributed by atoms with E-state index < -0.39 is 18.1 Å². The number of benzene rings is 2. The van der Waals surface area contributed by atoms with E-state index in [0.717, 1.165) is 0 Å². The molecule has 0 aromatic heterocycles. The van der Waals surface area contributed by atoms with Crippen molar-refractivity contribution < 1.29 is 19.4 Å². The zero-order valence-electron chi connectivity index (χ0n) is 13.8. The first-order valence-electron chi connectivity index (χ1n) is 7.89. The Labute approximate surface area is 154 Å². The number of carbonyl (C=O) groups excluding carboxylic acids is 2. The Morgan fingerprint density at radius 3 is 2.48 bits per heavy atom. The first kappa shape index (κ1) is 17.6. The van der Waals surface area contributed by atoms with Crippen LogP contribution in [0.2, 0.25) is 0 Å². The lowest BCUT2D eigenvalue weighted by molar-refractivity contribution is -0.133. The Bertz CT molecular complexity index is 806. The van der Waals surface area contributed by atoms with Gasteiger partial charge in [0.2, 0.25) is 5.91 Å². The summed E-state index contributed by atoms with van der Waals surface area (Å²) in [5.74, 6) is -0.553. The first-order valence-corrected chi connectivity index (χ1v) is 8.69. The van der Waals surface area contributed by atoms with E-state index in [1.54, 1.807) is 49.6 Å². The molecule has 0 bridgehead atoms. The molecule has 3 atom stereocenters. The number of hydrogen-bond acceptors (Lipinski definition) is 4. The lowest BCUT2D eigenvalue weighted by atomic mass is 9.78. The maximum atomic E-state index is 12.9. The number of ketones is 1. The second kappa shape index (κ2) is 6.98. The summed E-state index contributed by atoms with van der Waals surface area (Å²) >= 11 is 3.40. The van der Waals surface area contributed by atoms with Crippen LogP contribution in [-0.4, -0.2) is 36.1 Å². The number of amides is 1. The third-order valence-corrected chi connectivity index (χ3v) is 5.02. The van der Waals surface area contributed by atoms with Gasteiger partial charge in [-0.25, -0.2) is 0 Å². The van der Waals surface area contributed by atoms with Gasteiger partial charge in [-0.3, -0.25) is 9.59 Å². The minimum absolute atomic E-state index is 0.182. The van der Waals surface area contributed by atoms with Gasteiger partial charge in [-0.05, 0) is 41.1 Å². The molecule has 1 N–H and O–H groups in total. The van der Waals surface area contributed by atoms with Crippen molar-refractivity contribution in [2.45, 2.75) is 19.1 Å². The van der Waals surface area contributed by atoms with E-state index in [1.807, 2.05) is 6.07 Å². The number of aliphatic hydroxyl groups is 1. The number of nitrogens with zero attached hydrogens (tertiary/aromatic N) is 1. The number of aliphatic hydroxyl groups excluding tert-OH is 1. The molecule has 0 radical (unpaired) electrons. The molecule has 3 rings (SSSR count). The molecule has 1 saturated heterocycles. The summed E-state index contributed by atoms with van der Waals surface area (Å²) in [6.45, 7) is 1.54. The normalized spacial score (nSPS) is 20.8. The Kier molecular flexibility index (Phi) is 4.92. The number of halogens is 1. The molecule has 6 heteroatoms. The van der Waals surface area contributed by atoms with Gasteiger partial charge in [0.25, 0.3) is 0 Å². The molecule has 5 nitrogen and oxygen atoms in total. The number of rotatable bonds is 5. The molecule has 1 heterocycles. The van der Waals surface area contributed by atoms with Crippen molar-refractivity contribution >= 4 is 33.3 Å². The van der Waals surface area contributed by atoms with Crippen LogP contribution in [0.5, 0.6) is 5.75 Å². The highest BCUT2D eigenvalue weighted by atomic mass is 79.9. The fourth-order valence-electron chi connectivity index (χ4n) is 3.13. The minimum atomic E-state index is -0.900. The van der Waals surface area contributed by atoms with Crippen LogP contribution in [0.25, 0.3) is 0 Å². The van der Waals surface area contributed by atoms with E-state index in [0.29, 0.717) is 21.5 Å². The average Bonchev–Trinajstić information content (AvgIpc) is 2.59. The number of methoxy groups -OCH3 is 1. The largest absolute Gasteiger partial charge is 0.496 e. The van der Waals surface area contributed by atoms with Crippen LogP contribution < -0.4 is 9.64 Å². The molecule has 0 unspecified atom stereocenters. The number of Topliss-reactive ketones (excluding diaryl/α,β-unsaturated/α-hetero) is 1. The molecule has 2 aromatic rings. The first-order chi connectivity index (χ1) is 12.0. The topological polar surface area (TPSA) is 66.8 Å². The van der Waals surface area contributed by atoms with E-state index in [-0.39, 0.29) is 11.7 Å². The molecular weight excluding hydrogens is 386 g/mol. The monoisotopic (exact) mass is 403 g/mol. The predicted molar refractivity (Wildman–Crippen MR) is 97.9 cm³/mol. The molecule has 25 heavy (non-hydrogen) atoms. The lowest BCUT2D eigenvalue weighted by Gasteiger charge is -2.47. The van der Waals surface area contributed by atoms with Crippen molar-refractivity contribution in [2.24, 2.45) is 5.92 Å². The Balaban J connectivity index is 1.98. The van der Waals surface area contributed by atoms with E-state index >= 15 is 0 Å². The third kappa shape index (κ3) is 3.07. The second-order valence-corrected chi connectivity index (χ2v) is 6.82. The average molecular weight is 404 g/mol. The van der Waals surface area contributed by atoms with Crippen LogP contribution in [0.15, 0.2) is 53.0 Å². The quantitative estimate of drug-likeness (QED) is 0.615. The zero-order valence-corrected chi connectivity index (χ0v) is 15.4. The van der Waals surface area contributed by atoms with Crippen LogP contribution in [0.3, 0.4) is 0 Å². The molecule has 1 aliphatic rings. The standard InChI is InChI=1S/C19H18BrNO4/c1-11(22)16-17(18(23)12-6-4-3-5-7-12)21(19(16)24)13-8-9-15(25-2)14(20)10-13/h3-11,16-17,22H,1-2H3/t11-,16-,17+/m1/s1. The fourth-order valence-corrected chi connectivity index (χ4v) is 3.66. The Morgan fingerprint density at radius 2 is 1.92 bits per heavy atom. The van der Waals surface area contributed by atoms with E-state index in [1.165, 1.54) is 11.8 Å². The van der Waals surface area contributed by atoms with Crippen molar-refractivity contribution in [3.63, 3.8) is 0 Å². The molecule has 130 valence electrons. The van der Waals surface area contributed by atoms with Crippen LogP contribution in [0.4, 0.5) is 5.69 Å². The Morgan fingerprint density at radius 1 is 1.24 bits per heavy atom. The van der Waals surface area contributed by atoms with Crippen molar-refractivity contribution in [1.82, 2.24) is 0 Å². The van der Waals surface area contributed by atoms with Crippen molar-refractivity contribution in [1.29, 1.82) is 0 Å². The van der Waals surface area contributed by atoms with Crippen LogP contribution in [0.1, 0.15) is 17.3 Å². The molecule has 0 saturated carbocycles. The van der Waals surface area contributed by atoms with Gasteiger partial charge >= 0.3 is 0 Å². The van der Waals surface area contributed by atoms with Gasteiger partial charge in [-0.15, -0.1) is 0 Å². The maximum Gasteiger partial charge on any atom is 0.236 e. The van der Waals surface area contributed by atoms with E-state index in [2.05, 4.69) is 15.9 Å². The third-order valence-electron chi connectivity index (χ3n) is 4.40. The van der Waals surface area contributed by atoms with E-state index in [9.17, 15) is 14.7 Å². The number of hydrogen-bond donors (Lipinski definition) is 1. The van der Waals surface area contributed by atoms with Gasteiger partial charge in [0.15, 0.2) is 5.78 Å². The fraction of sp³-hybridized carbons (Fsp3) is 0.263. The summed E-state index contributed by atoms with van der Waals surface area (Å²) in [5.41, 5.74) is 1.10. The highest BCUT2D eigenvalue weighted by Crippen LogP contribution is 2.39. The summed E-state index contributed by atoms with van der Waals surface area (Å²) in [6, 6.07) is 13.3. The molecule has 0 aliphatic carbocycles. The molecule has 1 amide bonds. The van der Waals surface area contributed by atoms with Crippen LogP contribution >= 0.6 is 15.9 Å². The van der Waals surface area contributed by atoms with E-state index in [4.69, 9.17) is 4.74 Å². The van der Waals surface area contributed by atoms with Crippen LogP contribution in [0, 0.1) is 5.92 Å². The molecule has 1 fully saturated rings. The number of carbonyl (C=O) groups is 2. The predicted octanol–water partition coefficient (Wildman–Crippen LogP) is 3.05. The summed E-state index contributed by atoms with van der Waals surface area (Å²) in [6.07, 6.45) is -0.900. The van der Waals surface area contributed by atoms with Gasteiger partial charge in [0, 0.05) is 11.3 Å². The number of β-lactam (4-membered cyclic amide) rings is 1.